The van der Waals surface area contributed by atoms with Gasteiger partial charge in [-0.1, -0.05) is 35.9 Å². The van der Waals surface area contributed by atoms with Crippen LogP contribution in [0.1, 0.15) is 29.8 Å². The van der Waals surface area contributed by atoms with Gasteiger partial charge in [-0.2, -0.15) is 0 Å². The van der Waals surface area contributed by atoms with Gasteiger partial charge in [0, 0.05) is 25.0 Å². The van der Waals surface area contributed by atoms with Gasteiger partial charge >= 0.3 is 0 Å². The van der Waals surface area contributed by atoms with Crippen LogP contribution in [0.4, 0.5) is 0 Å². The van der Waals surface area contributed by atoms with Gasteiger partial charge < -0.3 is 9.72 Å². The first-order valence-corrected chi connectivity index (χ1v) is 6.95. The van der Waals surface area contributed by atoms with Crippen LogP contribution in [0, 0.1) is 6.92 Å². The summed E-state index contributed by atoms with van der Waals surface area (Å²) < 4.78 is 2.05. The average Bonchev–Trinajstić information content (AvgIpc) is 2.87. The number of aryl methyl sites for hydroxylation is 1. The number of hydrogen-bond acceptors (Lipinski definition) is 2. The molecule has 2 heterocycles. The van der Waals surface area contributed by atoms with Gasteiger partial charge in [0.05, 0.1) is 5.69 Å². The molecule has 0 fully saturated rings. The van der Waals surface area contributed by atoms with Crippen LogP contribution in [0.5, 0.6) is 0 Å². The van der Waals surface area contributed by atoms with Crippen molar-refractivity contribution >= 4 is 5.65 Å². The lowest BCUT2D eigenvalue weighted by atomic mass is 10.1. The van der Waals surface area contributed by atoms with E-state index in [9.17, 15) is 0 Å². The van der Waals surface area contributed by atoms with Crippen LogP contribution in [0.2, 0.25) is 0 Å². The van der Waals surface area contributed by atoms with E-state index in [1.54, 1.807) is 0 Å². The number of aromatic nitrogens is 2. The smallest absolute Gasteiger partial charge is 0.137 e. The Morgan fingerprint density at radius 1 is 1.20 bits per heavy atom. The highest BCUT2D eigenvalue weighted by Crippen LogP contribution is 2.14. The molecule has 0 unspecified atom stereocenters. The van der Waals surface area contributed by atoms with E-state index in [1.165, 1.54) is 11.1 Å². The summed E-state index contributed by atoms with van der Waals surface area (Å²) in [7, 11) is 0. The lowest BCUT2D eigenvalue weighted by Crippen LogP contribution is -2.18. The largest absolute Gasteiger partial charge is 0.307 e. The second-order valence-electron chi connectivity index (χ2n) is 5.22. The molecule has 0 amide bonds. The zero-order chi connectivity index (χ0) is 13.9. The molecule has 1 N–H and O–H groups in total. The van der Waals surface area contributed by atoms with Crippen molar-refractivity contribution in [1.82, 2.24) is 14.7 Å². The maximum atomic E-state index is 4.60. The zero-order valence-corrected chi connectivity index (χ0v) is 11.9. The van der Waals surface area contributed by atoms with Crippen molar-refractivity contribution < 1.29 is 0 Å². The molecule has 0 radical (unpaired) electrons. The summed E-state index contributed by atoms with van der Waals surface area (Å²) >= 11 is 0. The molecule has 20 heavy (non-hydrogen) atoms. The molecule has 0 aliphatic heterocycles. The first kappa shape index (κ1) is 12.9. The molecule has 3 aromatic rings. The van der Waals surface area contributed by atoms with Gasteiger partial charge in [-0.25, -0.2) is 4.98 Å². The second kappa shape index (κ2) is 5.47. The molecular formula is C17H19N3. The SMILES string of the molecule is Cc1cccc([C@@H](C)NCc2cn3ccccc3n2)c1. The molecule has 0 aliphatic carbocycles. The van der Waals surface area contributed by atoms with Crippen molar-refractivity contribution in [2.24, 2.45) is 0 Å². The minimum absolute atomic E-state index is 0.319. The maximum absolute atomic E-state index is 4.60. The second-order valence-corrected chi connectivity index (χ2v) is 5.22. The number of imidazole rings is 1. The molecule has 0 saturated carbocycles. The predicted molar refractivity (Wildman–Crippen MR) is 81.6 cm³/mol. The van der Waals surface area contributed by atoms with E-state index in [0.717, 1.165) is 17.9 Å². The highest BCUT2D eigenvalue weighted by molar-refractivity contribution is 5.39. The molecule has 1 aromatic carbocycles. The average molecular weight is 265 g/mol. The first-order chi connectivity index (χ1) is 9.72. The van der Waals surface area contributed by atoms with Crippen LogP contribution in [0.3, 0.4) is 0 Å². The highest BCUT2D eigenvalue weighted by Gasteiger charge is 2.06. The van der Waals surface area contributed by atoms with Gasteiger partial charge in [0.15, 0.2) is 0 Å². The summed E-state index contributed by atoms with van der Waals surface area (Å²) in [6.07, 6.45) is 4.10. The van der Waals surface area contributed by atoms with E-state index in [1.807, 2.05) is 28.8 Å². The molecule has 3 heteroatoms. The summed E-state index contributed by atoms with van der Waals surface area (Å²) in [5, 5.41) is 3.53. The first-order valence-electron chi connectivity index (χ1n) is 6.95. The third-order valence-electron chi connectivity index (χ3n) is 3.55. The van der Waals surface area contributed by atoms with E-state index in [-0.39, 0.29) is 0 Å². The molecule has 0 spiro atoms. The molecule has 0 aliphatic rings. The summed E-state index contributed by atoms with van der Waals surface area (Å²) in [5.41, 5.74) is 4.67. The lowest BCUT2D eigenvalue weighted by molar-refractivity contribution is 0.569. The van der Waals surface area contributed by atoms with Gasteiger partial charge in [0.1, 0.15) is 5.65 Å². The van der Waals surface area contributed by atoms with E-state index >= 15 is 0 Å². The molecule has 0 bridgehead atoms. The monoisotopic (exact) mass is 265 g/mol. The molecule has 3 nitrogen and oxygen atoms in total. The van der Waals surface area contributed by atoms with Gasteiger partial charge in [0.25, 0.3) is 0 Å². The van der Waals surface area contributed by atoms with E-state index in [4.69, 9.17) is 0 Å². The molecular weight excluding hydrogens is 246 g/mol. The van der Waals surface area contributed by atoms with Crippen LogP contribution >= 0.6 is 0 Å². The van der Waals surface area contributed by atoms with E-state index in [2.05, 4.69) is 54.6 Å². The Hall–Kier alpha value is -2.13. The summed E-state index contributed by atoms with van der Waals surface area (Å²) in [4.78, 5) is 4.60. The maximum Gasteiger partial charge on any atom is 0.137 e. The van der Waals surface area contributed by atoms with Crippen molar-refractivity contribution in [2.45, 2.75) is 26.4 Å². The third kappa shape index (κ3) is 2.73. The van der Waals surface area contributed by atoms with Gasteiger partial charge in [-0.3, -0.25) is 0 Å². The quantitative estimate of drug-likeness (QED) is 0.782. The summed E-state index contributed by atoms with van der Waals surface area (Å²) in [6, 6.07) is 15.0. The van der Waals surface area contributed by atoms with Crippen molar-refractivity contribution in [2.75, 3.05) is 0 Å². The fourth-order valence-corrected chi connectivity index (χ4v) is 2.39. The third-order valence-corrected chi connectivity index (χ3v) is 3.55. The Morgan fingerprint density at radius 2 is 2.10 bits per heavy atom. The number of pyridine rings is 1. The Bertz CT molecular complexity index is 682. The van der Waals surface area contributed by atoms with Crippen LogP contribution in [-0.2, 0) is 6.54 Å². The Labute approximate surface area is 119 Å². The van der Waals surface area contributed by atoms with E-state index in [0.29, 0.717) is 6.04 Å². The number of benzene rings is 1. The number of fused-ring (bicyclic) bond motifs is 1. The van der Waals surface area contributed by atoms with Crippen molar-refractivity contribution in [3.63, 3.8) is 0 Å². The summed E-state index contributed by atoms with van der Waals surface area (Å²) in [6.45, 7) is 5.08. The van der Waals surface area contributed by atoms with Gasteiger partial charge in [-0.15, -0.1) is 0 Å². The van der Waals surface area contributed by atoms with Crippen molar-refractivity contribution in [1.29, 1.82) is 0 Å². The molecule has 0 saturated heterocycles. The minimum Gasteiger partial charge on any atom is -0.307 e. The molecule has 1 atom stereocenters. The molecule has 2 aromatic heterocycles. The number of nitrogens with zero attached hydrogens (tertiary/aromatic N) is 2. The van der Waals surface area contributed by atoms with Crippen LogP contribution < -0.4 is 5.32 Å². The van der Waals surface area contributed by atoms with Crippen molar-refractivity contribution in [3.8, 4) is 0 Å². The highest BCUT2D eigenvalue weighted by atomic mass is 15.0. The van der Waals surface area contributed by atoms with Crippen molar-refractivity contribution in [3.05, 3.63) is 71.7 Å². The lowest BCUT2D eigenvalue weighted by Gasteiger charge is -2.13. The summed E-state index contributed by atoms with van der Waals surface area (Å²) in [5.74, 6) is 0. The number of hydrogen-bond donors (Lipinski definition) is 1. The van der Waals surface area contributed by atoms with Crippen LogP contribution in [-0.4, -0.2) is 9.38 Å². The van der Waals surface area contributed by atoms with Gasteiger partial charge in [-0.05, 0) is 31.5 Å². The van der Waals surface area contributed by atoms with Crippen LogP contribution in [0.25, 0.3) is 5.65 Å². The fraction of sp³-hybridized carbons (Fsp3) is 0.235. The normalized spacial score (nSPS) is 12.7. The Balaban J connectivity index is 1.69. The zero-order valence-electron chi connectivity index (χ0n) is 11.9. The van der Waals surface area contributed by atoms with Crippen LogP contribution in [0.15, 0.2) is 54.9 Å². The minimum atomic E-state index is 0.319. The standard InChI is InChI=1S/C17H19N3/c1-13-6-5-7-15(10-13)14(2)18-11-16-12-20-9-4-3-8-17(20)19-16/h3-10,12,14,18H,11H2,1-2H3/t14-/m1/s1. The number of nitrogens with one attached hydrogen (secondary N) is 1. The topological polar surface area (TPSA) is 29.3 Å². The molecule has 102 valence electrons. The Morgan fingerprint density at radius 3 is 2.90 bits per heavy atom. The fourth-order valence-electron chi connectivity index (χ4n) is 2.39. The predicted octanol–water partition coefficient (Wildman–Crippen LogP) is 3.49. The number of rotatable bonds is 4. The van der Waals surface area contributed by atoms with E-state index < -0.39 is 0 Å². The molecule has 3 rings (SSSR count). The van der Waals surface area contributed by atoms with Gasteiger partial charge in [0.2, 0.25) is 0 Å². The Kier molecular flexibility index (Phi) is 3.52.